The van der Waals surface area contributed by atoms with Gasteiger partial charge in [0.25, 0.3) is 5.92 Å². The van der Waals surface area contributed by atoms with Crippen LogP contribution in [0.2, 0.25) is 0 Å². The Kier molecular flexibility index (Phi) is 4.02. The fourth-order valence-corrected chi connectivity index (χ4v) is 2.78. The van der Waals surface area contributed by atoms with Gasteiger partial charge in [0, 0.05) is 23.5 Å². The second-order valence-corrected chi connectivity index (χ2v) is 6.94. The van der Waals surface area contributed by atoms with E-state index in [1.807, 2.05) is 20.8 Å². The Morgan fingerprint density at radius 1 is 1.10 bits per heavy atom. The molecule has 1 aromatic heterocycles. The van der Waals surface area contributed by atoms with E-state index in [0.717, 1.165) is 11.9 Å². The Hall–Kier alpha value is -1.56. The number of rotatable bonds is 3. The average molecular weight is 312 g/mol. The number of hydrogen-bond donors (Lipinski definition) is 0. The van der Waals surface area contributed by atoms with Crippen LogP contribution in [0.1, 0.15) is 38.3 Å². The van der Waals surface area contributed by atoms with Crippen molar-refractivity contribution in [1.29, 1.82) is 0 Å². The summed E-state index contributed by atoms with van der Waals surface area (Å²) in [5, 5.41) is 9.52. The fourth-order valence-electron chi connectivity index (χ4n) is 1.84. The van der Waals surface area contributed by atoms with Crippen LogP contribution >= 0.6 is 11.3 Å². The van der Waals surface area contributed by atoms with Gasteiger partial charge < -0.3 is 4.74 Å². The second kappa shape index (κ2) is 5.33. The van der Waals surface area contributed by atoms with Crippen molar-refractivity contribution in [2.75, 3.05) is 7.11 Å². The maximum Gasteiger partial charge on any atom is 0.271 e. The molecule has 0 unspecified atom stereocenters. The molecule has 114 valence electrons. The van der Waals surface area contributed by atoms with E-state index in [1.165, 1.54) is 24.5 Å². The Morgan fingerprint density at radius 2 is 1.76 bits per heavy atom. The number of halogens is 2. The third-order valence-corrected chi connectivity index (χ3v) is 4.38. The molecule has 21 heavy (non-hydrogen) atoms. The molecular weight excluding hydrogens is 294 g/mol. The third-order valence-electron chi connectivity index (χ3n) is 3.00. The van der Waals surface area contributed by atoms with E-state index in [1.54, 1.807) is 12.1 Å². The lowest BCUT2D eigenvalue weighted by molar-refractivity contribution is 0.0179. The van der Waals surface area contributed by atoms with Crippen LogP contribution < -0.4 is 4.74 Å². The maximum absolute atomic E-state index is 13.9. The van der Waals surface area contributed by atoms with Crippen molar-refractivity contribution < 1.29 is 13.5 Å². The zero-order valence-electron chi connectivity index (χ0n) is 12.7. The maximum atomic E-state index is 13.9. The highest BCUT2D eigenvalue weighted by Crippen LogP contribution is 2.40. The van der Waals surface area contributed by atoms with Crippen LogP contribution in [0.15, 0.2) is 18.2 Å². The number of methoxy groups -OCH3 is 1. The first-order chi connectivity index (χ1) is 9.63. The van der Waals surface area contributed by atoms with Gasteiger partial charge in [0.2, 0.25) is 0 Å². The molecule has 0 N–H and O–H groups in total. The normalized spacial score (nSPS) is 12.5. The van der Waals surface area contributed by atoms with Crippen LogP contribution in [0, 0.1) is 0 Å². The van der Waals surface area contributed by atoms with Crippen molar-refractivity contribution in [2.45, 2.75) is 39.0 Å². The van der Waals surface area contributed by atoms with Gasteiger partial charge in [-0.25, -0.2) is 8.78 Å². The first-order valence-corrected chi connectivity index (χ1v) is 7.35. The van der Waals surface area contributed by atoms with E-state index >= 15 is 0 Å². The van der Waals surface area contributed by atoms with Gasteiger partial charge in [-0.1, -0.05) is 32.1 Å². The summed E-state index contributed by atoms with van der Waals surface area (Å²) in [5.41, 5.74) is 0.145. The molecule has 2 aromatic rings. The Balaban J connectivity index is 2.56. The molecule has 6 heteroatoms. The summed E-state index contributed by atoms with van der Waals surface area (Å²) < 4.78 is 32.8. The standard InChI is InChI=1S/C15H18F2N2OS/c1-14(2,3)13-19-18-12(21-13)10-7-6-9(20-5)8-11(10)15(4,16)17/h6-8H,1-5H3. The Labute approximate surface area is 127 Å². The van der Waals surface area contributed by atoms with Gasteiger partial charge in [0.1, 0.15) is 15.8 Å². The molecule has 0 aliphatic rings. The zero-order valence-corrected chi connectivity index (χ0v) is 13.5. The summed E-state index contributed by atoms with van der Waals surface area (Å²) in [5.74, 6) is -2.58. The fraction of sp³-hybridized carbons (Fsp3) is 0.467. The molecule has 0 saturated heterocycles. The summed E-state index contributed by atoms with van der Waals surface area (Å²) in [6.07, 6.45) is 0. The summed E-state index contributed by atoms with van der Waals surface area (Å²) in [4.78, 5) is 0. The number of alkyl halides is 2. The van der Waals surface area contributed by atoms with Crippen LogP contribution in [0.4, 0.5) is 8.78 Å². The highest BCUT2D eigenvalue weighted by atomic mass is 32.1. The number of benzene rings is 1. The highest BCUT2D eigenvalue weighted by molar-refractivity contribution is 7.14. The molecule has 0 bridgehead atoms. The molecule has 1 heterocycles. The number of hydrogen-bond acceptors (Lipinski definition) is 4. The molecular formula is C15H18F2N2OS. The monoisotopic (exact) mass is 312 g/mol. The van der Waals surface area contributed by atoms with Crippen LogP contribution in [-0.2, 0) is 11.3 Å². The summed E-state index contributed by atoms with van der Waals surface area (Å²) in [7, 11) is 1.45. The molecule has 0 aliphatic carbocycles. The molecule has 3 nitrogen and oxygen atoms in total. The lowest BCUT2D eigenvalue weighted by Gasteiger charge is -2.16. The second-order valence-electron chi connectivity index (χ2n) is 5.96. The lowest BCUT2D eigenvalue weighted by Crippen LogP contribution is -2.10. The van der Waals surface area contributed by atoms with Crippen LogP contribution in [0.25, 0.3) is 10.6 Å². The van der Waals surface area contributed by atoms with Crippen molar-refractivity contribution in [1.82, 2.24) is 10.2 Å². The van der Waals surface area contributed by atoms with Gasteiger partial charge in [-0.15, -0.1) is 10.2 Å². The summed E-state index contributed by atoms with van der Waals surface area (Å²) >= 11 is 1.34. The Morgan fingerprint density at radius 3 is 2.24 bits per heavy atom. The van der Waals surface area contributed by atoms with Crippen LogP contribution in [0.5, 0.6) is 5.75 Å². The minimum Gasteiger partial charge on any atom is -0.497 e. The predicted octanol–water partition coefficient (Wildman–Crippen LogP) is 4.62. The van der Waals surface area contributed by atoms with Crippen molar-refractivity contribution in [2.24, 2.45) is 0 Å². The van der Waals surface area contributed by atoms with E-state index in [4.69, 9.17) is 4.74 Å². The van der Waals surface area contributed by atoms with Gasteiger partial charge in [-0.2, -0.15) is 0 Å². The van der Waals surface area contributed by atoms with Crippen molar-refractivity contribution in [3.63, 3.8) is 0 Å². The van der Waals surface area contributed by atoms with Gasteiger partial charge in [0.05, 0.1) is 7.11 Å². The van der Waals surface area contributed by atoms with E-state index < -0.39 is 5.92 Å². The van der Waals surface area contributed by atoms with Crippen LogP contribution in [0.3, 0.4) is 0 Å². The minimum atomic E-state index is -2.97. The average Bonchev–Trinajstić information content (AvgIpc) is 2.86. The van der Waals surface area contributed by atoms with E-state index in [9.17, 15) is 8.78 Å². The third kappa shape index (κ3) is 3.37. The molecule has 0 spiro atoms. The smallest absolute Gasteiger partial charge is 0.271 e. The lowest BCUT2D eigenvalue weighted by atomic mass is 9.98. The quantitative estimate of drug-likeness (QED) is 0.829. The summed E-state index contributed by atoms with van der Waals surface area (Å²) in [6.45, 7) is 6.92. The van der Waals surface area contributed by atoms with E-state index in [2.05, 4.69) is 10.2 Å². The molecule has 0 aliphatic heterocycles. The van der Waals surface area contributed by atoms with Crippen molar-refractivity contribution in [3.05, 3.63) is 28.8 Å². The Bertz CT molecular complexity index is 642. The van der Waals surface area contributed by atoms with E-state index in [0.29, 0.717) is 16.3 Å². The van der Waals surface area contributed by atoms with E-state index in [-0.39, 0.29) is 11.0 Å². The van der Waals surface area contributed by atoms with Crippen molar-refractivity contribution >= 4 is 11.3 Å². The first kappa shape index (κ1) is 15.8. The number of nitrogens with zero attached hydrogens (tertiary/aromatic N) is 2. The largest absolute Gasteiger partial charge is 0.497 e. The number of ether oxygens (including phenoxy) is 1. The minimum absolute atomic E-state index is 0.0986. The van der Waals surface area contributed by atoms with Gasteiger partial charge in [0.15, 0.2) is 0 Å². The molecule has 0 atom stereocenters. The van der Waals surface area contributed by atoms with Gasteiger partial charge in [-0.3, -0.25) is 0 Å². The summed E-state index contributed by atoms with van der Waals surface area (Å²) in [6, 6.07) is 4.62. The predicted molar refractivity (Wildman–Crippen MR) is 80.2 cm³/mol. The number of aromatic nitrogens is 2. The molecule has 0 amide bonds. The van der Waals surface area contributed by atoms with Gasteiger partial charge in [-0.05, 0) is 18.2 Å². The topological polar surface area (TPSA) is 35.0 Å². The van der Waals surface area contributed by atoms with Gasteiger partial charge >= 0.3 is 0 Å². The molecule has 0 saturated carbocycles. The molecule has 1 aromatic carbocycles. The molecule has 2 rings (SSSR count). The zero-order chi connectivity index (χ0) is 15.8. The van der Waals surface area contributed by atoms with Crippen LogP contribution in [-0.4, -0.2) is 17.3 Å². The first-order valence-electron chi connectivity index (χ1n) is 6.53. The highest BCUT2D eigenvalue weighted by Gasteiger charge is 2.30. The molecule has 0 fully saturated rings. The van der Waals surface area contributed by atoms with Crippen molar-refractivity contribution in [3.8, 4) is 16.3 Å². The molecule has 0 radical (unpaired) electrons. The SMILES string of the molecule is COc1ccc(-c2nnc(C(C)(C)C)s2)c(C(C)(F)F)c1.